The molecule has 1 aromatic carbocycles. The number of oxazole rings is 1. The van der Waals surface area contributed by atoms with Crippen LogP contribution in [0.25, 0.3) is 21.9 Å². The molecule has 5 nitrogen and oxygen atoms in total. The number of thiophene rings is 1. The molecule has 0 radical (unpaired) electrons. The topological polar surface area (TPSA) is 67.5 Å². The Labute approximate surface area is 124 Å². The summed E-state index contributed by atoms with van der Waals surface area (Å²) >= 11 is 1.59. The molecule has 1 N–H and O–H groups in total. The second-order valence-corrected chi connectivity index (χ2v) is 5.75. The number of hydrogen-bond donors (Lipinski definition) is 1. The highest BCUT2D eigenvalue weighted by molar-refractivity contribution is 7.13. The fourth-order valence-corrected chi connectivity index (χ4v) is 3.05. The first-order chi connectivity index (χ1) is 10.3. The average molecular weight is 297 g/mol. The smallest absolute Gasteiger partial charge is 0.247 e. The van der Waals surface area contributed by atoms with E-state index in [2.05, 4.69) is 15.5 Å². The van der Waals surface area contributed by atoms with Crippen molar-refractivity contribution in [3.63, 3.8) is 0 Å². The van der Waals surface area contributed by atoms with Gasteiger partial charge in [-0.1, -0.05) is 12.1 Å². The molecule has 1 amide bonds. The molecule has 0 bridgehead atoms. The molecule has 3 heterocycles. The van der Waals surface area contributed by atoms with E-state index < -0.39 is 0 Å². The Morgan fingerprint density at radius 1 is 1.33 bits per heavy atom. The Bertz CT molecular complexity index is 836. The number of carbonyl (C=O) groups excluding carboxylic acids is 1. The van der Waals surface area contributed by atoms with Gasteiger partial charge in [0, 0.05) is 12.6 Å². The minimum atomic E-state index is -0.220. The number of amides is 1. The van der Waals surface area contributed by atoms with Gasteiger partial charge >= 0.3 is 0 Å². The number of nitrogens with zero attached hydrogens (tertiary/aromatic N) is 2. The minimum absolute atomic E-state index is 0.0881. The maximum Gasteiger partial charge on any atom is 0.247 e. The molecule has 6 heteroatoms. The Kier molecular flexibility index (Phi) is 2.82. The molecule has 2 aromatic heterocycles. The van der Waals surface area contributed by atoms with Crippen LogP contribution >= 0.6 is 11.3 Å². The zero-order chi connectivity index (χ0) is 14.2. The highest BCUT2D eigenvalue weighted by Crippen LogP contribution is 2.30. The fraction of sp³-hybridized carbons (Fsp3) is 0.133. The quantitative estimate of drug-likeness (QED) is 0.790. The van der Waals surface area contributed by atoms with Crippen molar-refractivity contribution in [2.75, 3.05) is 0 Å². The summed E-state index contributed by atoms with van der Waals surface area (Å²) in [7, 11) is 0. The first-order valence-electron chi connectivity index (χ1n) is 6.57. The zero-order valence-electron chi connectivity index (χ0n) is 10.9. The molecule has 0 saturated carbocycles. The van der Waals surface area contributed by atoms with Crippen LogP contribution in [-0.2, 0) is 4.79 Å². The SMILES string of the molecule is O=C1NN=CCC1c1ccc2nc(-c3cccs3)oc2c1. The summed E-state index contributed by atoms with van der Waals surface area (Å²) in [6.45, 7) is 0. The number of nitrogens with one attached hydrogen (secondary N) is 1. The molecule has 1 aliphatic heterocycles. The third-order valence-electron chi connectivity index (χ3n) is 3.47. The lowest BCUT2D eigenvalue weighted by Gasteiger charge is -2.16. The molecular formula is C15H11N3O2S. The van der Waals surface area contributed by atoms with E-state index in [1.165, 1.54) is 0 Å². The van der Waals surface area contributed by atoms with Gasteiger partial charge in [0.1, 0.15) is 5.52 Å². The Balaban J connectivity index is 1.76. The van der Waals surface area contributed by atoms with Crippen molar-refractivity contribution in [1.29, 1.82) is 0 Å². The van der Waals surface area contributed by atoms with Gasteiger partial charge in [0.2, 0.25) is 11.8 Å². The minimum Gasteiger partial charge on any atom is -0.435 e. The van der Waals surface area contributed by atoms with E-state index in [0.717, 1.165) is 16.0 Å². The van der Waals surface area contributed by atoms with Crippen molar-refractivity contribution in [2.24, 2.45) is 5.10 Å². The second-order valence-electron chi connectivity index (χ2n) is 4.80. The van der Waals surface area contributed by atoms with Crippen LogP contribution in [0, 0.1) is 0 Å². The first-order valence-corrected chi connectivity index (χ1v) is 7.45. The van der Waals surface area contributed by atoms with Crippen molar-refractivity contribution in [2.45, 2.75) is 12.3 Å². The van der Waals surface area contributed by atoms with Gasteiger partial charge in [-0.3, -0.25) is 4.79 Å². The normalized spacial score (nSPS) is 18.1. The molecule has 104 valence electrons. The lowest BCUT2D eigenvalue weighted by atomic mass is 9.94. The van der Waals surface area contributed by atoms with E-state index in [9.17, 15) is 4.79 Å². The maximum absolute atomic E-state index is 11.9. The monoisotopic (exact) mass is 297 g/mol. The van der Waals surface area contributed by atoms with Crippen LogP contribution in [0.5, 0.6) is 0 Å². The average Bonchev–Trinajstić information content (AvgIpc) is 3.16. The van der Waals surface area contributed by atoms with Crippen LogP contribution in [0.15, 0.2) is 45.2 Å². The zero-order valence-corrected chi connectivity index (χ0v) is 11.8. The van der Waals surface area contributed by atoms with Gasteiger partial charge < -0.3 is 4.42 Å². The number of benzene rings is 1. The molecule has 0 fully saturated rings. The third kappa shape index (κ3) is 2.13. The number of hydrogen-bond acceptors (Lipinski definition) is 5. The van der Waals surface area contributed by atoms with E-state index in [4.69, 9.17) is 4.42 Å². The first kappa shape index (κ1) is 12.3. The van der Waals surface area contributed by atoms with Gasteiger partial charge in [-0.25, -0.2) is 10.4 Å². The largest absolute Gasteiger partial charge is 0.435 e. The van der Waals surface area contributed by atoms with Gasteiger partial charge in [-0.2, -0.15) is 5.10 Å². The molecule has 21 heavy (non-hydrogen) atoms. The number of aromatic nitrogens is 1. The summed E-state index contributed by atoms with van der Waals surface area (Å²) in [6, 6.07) is 9.65. The molecular weight excluding hydrogens is 286 g/mol. The summed E-state index contributed by atoms with van der Waals surface area (Å²) in [5, 5.41) is 5.76. The molecule has 0 saturated heterocycles. The van der Waals surface area contributed by atoms with Crippen LogP contribution in [-0.4, -0.2) is 17.1 Å². The standard InChI is InChI=1S/C15H11N3O2S/c19-14-10(5-6-16-18-14)9-3-4-11-12(8-9)20-15(17-11)13-2-1-7-21-13/h1-4,6-8,10H,5H2,(H,18,19). The third-order valence-corrected chi connectivity index (χ3v) is 4.33. The lowest BCUT2D eigenvalue weighted by Crippen LogP contribution is -2.29. The Morgan fingerprint density at radius 2 is 2.29 bits per heavy atom. The fourth-order valence-electron chi connectivity index (χ4n) is 2.40. The van der Waals surface area contributed by atoms with Crippen LogP contribution < -0.4 is 5.43 Å². The summed E-state index contributed by atoms with van der Waals surface area (Å²) in [6.07, 6.45) is 2.32. The second kappa shape index (κ2) is 4.82. The summed E-state index contributed by atoms with van der Waals surface area (Å²) in [5.41, 5.74) is 4.91. The van der Waals surface area contributed by atoms with Crippen LogP contribution in [0.1, 0.15) is 17.9 Å². The molecule has 1 aliphatic rings. The predicted molar refractivity (Wildman–Crippen MR) is 81.3 cm³/mol. The summed E-state index contributed by atoms with van der Waals surface area (Å²) in [4.78, 5) is 17.3. The van der Waals surface area contributed by atoms with Crippen LogP contribution in [0.2, 0.25) is 0 Å². The van der Waals surface area contributed by atoms with Gasteiger partial charge in [0.15, 0.2) is 5.58 Å². The number of fused-ring (bicyclic) bond motifs is 1. The van der Waals surface area contributed by atoms with E-state index >= 15 is 0 Å². The summed E-state index contributed by atoms with van der Waals surface area (Å²) < 4.78 is 5.81. The lowest BCUT2D eigenvalue weighted by molar-refractivity contribution is -0.122. The summed E-state index contributed by atoms with van der Waals surface area (Å²) in [5.74, 6) is 0.309. The molecule has 3 aromatic rings. The highest BCUT2D eigenvalue weighted by atomic mass is 32.1. The molecule has 0 spiro atoms. The number of carbonyl (C=O) groups is 1. The van der Waals surface area contributed by atoms with Crippen molar-refractivity contribution >= 4 is 34.6 Å². The number of hydrazone groups is 1. The molecule has 1 atom stereocenters. The van der Waals surface area contributed by atoms with E-state index in [-0.39, 0.29) is 11.8 Å². The molecule has 1 unspecified atom stereocenters. The Morgan fingerprint density at radius 3 is 3.10 bits per heavy atom. The van der Waals surface area contributed by atoms with Gasteiger partial charge in [0.05, 0.1) is 10.8 Å². The van der Waals surface area contributed by atoms with Crippen molar-refractivity contribution in [1.82, 2.24) is 10.4 Å². The van der Waals surface area contributed by atoms with Crippen molar-refractivity contribution < 1.29 is 9.21 Å². The van der Waals surface area contributed by atoms with E-state index in [1.54, 1.807) is 17.6 Å². The van der Waals surface area contributed by atoms with Crippen LogP contribution in [0.3, 0.4) is 0 Å². The van der Waals surface area contributed by atoms with E-state index in [0.29, 0.717) is 17.9 Å². The number of rotatable bonds is 2. The molecule has 0 aliphatic carbocycles. The predicted octanol–water partition coefficient (Wildman–Crippen LogP) is 3.15. The highest BCUT2D eigenvalue weighted by Gasteiger charge is 2.23. The Hall–Kier alpha value is -2.47. The molecule has 4 rings (SSSR count). The van der Waals surface area contributed by atoms with Crippen molar-refractivity contribution in [3.8, 4) is 10.8 Å². The van der Waals surface area contributed by atoms with Crippen molar-refractivity contribution in [3.05, 3.63) is 41.3 Å². The van der Waals surface area contributed by atoms with Gasteiger partial charge in [-0.05, 0) is 29.1 Å². The van der Waals surface area contributed by atoms with Crippen LogP contribution in [0.4, 0.5) is 0 Å². The maximum atomic E-state index is 11.9. The van der Waals surface area contributed by atoms with Gasteiger partial charge in [0.25, 0.3) is 0 Å². The van der Waals surface area contributed by atoms with E-state index in [1.807, 2.05) is 35.7 Å². The van der Waals surface area contributed by atoms with Gasteiger partial charge in [-0.15, -0.1) is 11.3 Å².